The van der Waals surface area contributed by atoms with Gasteiger partial charge >= 0.3 is 0 Å². The molecule has 1 atom stereocenters. The van der Waals surface area contributed by atoms with Gasteiger partial charge in [0, 0.05) is 25.7 Å². The fourth-order valence-corrected chi connectivity index (χ4v) is 3.87. The fourth-order valence-electron chi connectivity index (χ4n) is 3.87. The highest BCUT2D eigenvalue weighted by atomic mass is 16.5. The predicted molar refractivity (Wildman–Crippen MR) is 108 cm³/mol. The average Bonchev–Trinajstić information content (AvgIpc) is 3.17. The van der Waals surface area contributed by atoms with Crippen molar-refractivity contribution in [3.63, 3.8) is 0 Å². The summed E-state index contributed by atoms with van der Waals surface area (Å²) in [5.74, 6) is 0.963. The molecule has 1 aliphatic heterocycles. The second kappa shape index (κ2) is 9.93. The summed E-state index contributed by atoms with van der Waals surface area (Å²) in [4.78, 5) is 7.47. The van der Waals surface area contributed by atoms with E-state index in [4.69, 9.17) is 9.73 Å². The molecule has 1 saturated heterocycles. The van der Waals surface area contributed by atoms with Crippen molar-refractivity contribution in [3.8, 4) is 0 Å². The van der Waals surface area contributed by atoms with Crippen LogP contribution in [0.25, 0.3) is 0 Å². The van der Waals surface area contributed by atoms with Gasteiger partial charge in [-0.3, -0.25) is 9.89 Å². The molecule has 0 aromatic heterocycles. The molecular weight excluding hydrogens is 324 g/mol. The normalized spacial score (nSPS) is 20.9. The van der Waals surface area contributed by atoms with Crippen molar-refractivity contribution >= 4 is 5.96 Å². The van der Waals surface area contributed by atoms with Crippen LogP contribution in [-0.2, 0) is 4.74 Å². The van der Waals surface area contributed by atoms with Gasteiger partial charge in [-0.05, 0) is 32.3 Å². The van der Waals surface area contributed by atoms with Crippen LogP contribution in [0.2, 0.25) is 0 Å². The maximum absolute atomic E-state index is 5.56. The van der Waals surface area contributed by atoms with Gasteiger partial charge in [-0.15, -0.1) is 0 Å². The Kier molecular flexibility index (Phi) is 7.32. The number of nitrogens with one attached hydrogen (secondary N) is 2. The monoisotopic (exact) mass is 358 g/mol. The summed E-state index contributed by atoms with van der Waals surface area (Å²) in [6.07, 6.45) is 5.18. The Morgan fingerprint density at radius 1 is 1.19 bits per heavy atom. The zero-order valence-corrected chi connectivity index (χ0v) is 16.3. The third kappa shape index (κ3) is 5.45. The smallest absolute Gasteiger partial charge is 0.191 e. The number of benzene rings is 1. The summed E-state index contributed by atoms with van der Waals surface area (Å²) in [5.41, 5.74) is 2.65. The second-order valence-corrected chi connectivity index (χ2v) is 7.42. The van der Waals surface area contributed by atoms with Crippen LogP contribution in [0, 0.1) is 6.92 Å². The molecule has 1 heterocycles. The number of guanidine groups is 1. The molecule has 2 N–H and O–H groups in total. The van der Waals surface area contributed by atoms with Crippen LogP contribution in [0.5, 0.6) is 0 Å². The predicted octanol–water partition coefficient (Wildman–Crippen LogP) is 2.87. The molecule has 26 heavy (non-hydrogen) atoms. The Bertz CT molecular complexity index is 560. The van der Waals surface area contributed by atoms with Gasteiger partial charge in [-0.1, -0.05) is 42.7 Å². The third-order valence-corrected chi connectivity index (χ3v) is 5.41. The first-order valence-electron chi connectivity index (χ1n) is 10.2. The van der Waals surface area contributed by atoms with Crippen molar-refractivity contribution in [2.75, 3.05) is 39.4 Å². The lowest BCUT2D eigenvalue weighted by atomic mass is 10.0. The van der Waals surface area contributed by atoms with Crippen LogP contribution in [0.1, 0.15) is 49.8 Å². The summed E-state index contributed by atoms with van der Waals surface area (Å²) in [5, 5.41) is 7.06. The summed E-state index contributed by atoms with van der Waals surface area (Å²) in [7, 11) is 0. The first-order valence-corrected chi connectivity index (χ1v) is 10.2. The molecule has 2 fully saturated rings. The average molecular weight is 359 g/mol. The Morgan fingerprint density at radius 2 is 1.88 bits per heavy atom. The molecule has 2 aliphatic rings. The summed E-state index contributed by atoms with van der Waals surface area (Å²) >= 11 is 0. The molecule has 1 aliphatic carbocycles. The van der Waals surface area contributed by atoms with Crippen molar-refractivity contribution in [3.05, 3.63) is 35.4 Å². The van der Waals surface area contributed by atoms with E-state index in [1.807, 2.05) is 0 Å². The number of aliphatic imine (C=N–C) groups is 1. The number of nitrogens with zero attached hydrogens (tertiary/aromatic N) is 2. The SMILES string of the molecule is CCNC(=NCC(c1ccc(C)cc1)N1CCOCC1)NC1CCCC1. The highest BCUT2D eigenvalue weighted by Crippen LogP contribution is 2.23. The lowest BCUT2D eigenvalue weighted by Crippen LogP contribution is -2.44. The van der Waals surface area contributed by atoms with E-state index < -0.39 is 0 Å². The molecule has 1 aromatic carbocycles. The van der Waals surface area contributed by atoms with Gasteiger partial charge in [0.25, 0.3) is 0 Å². The van der Waals surface area contributed by atoms with Gasteiger partial charge in [0.2, 0.25) is 0 Å². The molecule has 5 heteroatoms. The van der Waals surface area contributed by atoms with Gasteiger partial charge in [0.05, 0.1) is 25.8 Å². The molecule has 0 bridgehead atoms. The van der Waals surface area contributed by atoms with Gasteiger partial charge < -0.3 is 15.4 Å². The number of aryl methyl sites for hydroxylation is 1. The molecule has 1 saturated carbocycles. The van der Waals surface area contributed by atoms with Gasteiger partial charge in [-0.2, -0.15) is 0 Å². The molecule has 5 nitrogen and oxygen atoms in total. The Hall–Kier alpha value is -1.59. The summed E-state index contributed by atoms with van der Waals surface area (Å²) in [6.45, 7) is 9.50. The Balaban J connectivity index is 1.72. The minimum Gasteiger partial charge on any atom is -0.379 e. The number of hydrogen-bond donors (Lipinski definition) is 2. The van der Waals surface area contributed by atoms with E-state index in [9.17, 15) is 0 Å². The first-order chi connectivity index (χ1) is 12.8. The van der Waals surface area contributed by atoms with Crippen molar-refractivity contribution in [2.45, 2.75) is 51.6 Å². The number of hydrogen-bond acceptors (Lipinski definition) is 3. The van der Waals surface area contributed by atoms with Crippen molar-refractivity contribution in [1.29, 1.82) is 0 Å². The zero-order chi connectivity index (χ0) is 18.2. The minimum atomic E-state index is 0.304. The number of rotatable bonds is 6. The standard InChI is InChI=1S/C21H34N4O/c1-3-22-21(24-19-6-4-5-7-19)23-16-20(25-12-14-26-15-13-25)18-10-8-17(2)9-11-18/h8-11,19-20H,3-7,12-16H2,1-2H3,(H2,22,23,24). The quantitative estimate of drug-likeness (QED) is 0.606. The third-order valence-electron chi connectivity index (χ3n) is 5.41. The van der Waals surface area contributed by atoms with Crippen LogP contribution in [0.15, 0.2) is 29.3 Å². The van der Waals surface area contributed by atoms with E-state index in [0.717, 1.165) is 45.4 Å². The lowest BCUT2D eigenvalue weighted by molar-refractivity contribution is 0.0179. The van der Waals surface area contributed by atoms with Crippen LogP contribution in [0.4, 0.5) is 0 Å². The highest BCUT2D eigenvalue weighted by Gasteiger charge is 2.23. The zero-order valence-electron chi connectivity index (χ0n) is 16.3. The van der Waals surface area contributed by atoms with E-state index >= 15 is 0 Å². The van der Waals surface area contributed by atoms with E-state index in [2.05, 4.69) is 53.6 Å². The maximum atomic E-state index is 5.56. The topological polar surface area (TPSA) is 48.9 Å². The van der Waals surface area contributed by atoms with E-state index in [1.165, 1.54) is 36.8 Å². The van der Waals surface area contributed by atoms with Crippen molar-refractivity contribution in [1.82, 2.24) is 15.5 Å². The number of morpholine rings is 1. The minimum absolute atomic E-state index is 0.304. The molecule has 0 radical (unpaired) electrons. The lowest BCUT2D eigenvalue weighted by Gasteiger charge is -2.34. The summed E-state index contributed by atoms with van der Waals surface area (Å²) < 4.78 is 5.56. The van der Waals surface area contributed by atoms with E-state index in [-0.39, 0.29) is 0 Å². The largest absolute Gasteiger partial charge is 0.379 e. The van der Waals surface area contributed by atoms with E-state index in [1.54, 1.807) is 0 Å². The first kappa shape index (κ1) is 19.2. The van der Waals surface area contributed by atoms with Gasteiger partial charge in [0.15, 0.2) is 5.96 Å². The van der Waals surface area contributed by atoms with Crippen LogP contribution < -0.4 is 10.6 Å². The number of ether oxygens (including phenoxy) is 1. The molecule has 144 valence electrons. The van der Waals surface area contributed by atoms with Crippen molar-refractivity contribution < 1.29 is 4.74 Å². The van der Waals surface area contributed by atoms with Crippen LogP contribution in [0.3, 0.4) is 0 Å². The molecule has 1 aromatic rings. The Morgan fingerprint density at radius 3 is 2.54 bits per heavy atom. The molecule has 0 spiro atoms. The second-order valence-electron chi connectivity index (χ2n) is 7.42. The van der Waals surface area contributed by atoms with Crippen LogP contribution >= 0.6 is 0 Å². The fraction of sp³-hybridized carbons (Fsp3) is 0.667. The van der Waals surface area contributed by atoms with Gasteiger partial charge in [0.1, 0.15) is 0 Å². The summed E-state index contributed by atoms with van der Waals surface area (Å²) in [6, 6.07) is 9.79. The van der Waals surface area contributed by atoms with Crippen molar-refractivity contribution in [2.24, 2.45) is 4.99 Å². The van der Waals surface area contributed by atoms with Crippen LogP contribution in [-0.4, -0.2) is 56.3 Å². The maximum Gasteiger partial charge on any atom is 0.191 e. The Labute approximate surface area is 158 Å². The molecular formula is C21H34N4O. The molecule has 3 rings (SSSR count). The van der Waals surface area contributed by atoms with E-state index in [0.29, 0.717) is 12.1 Å². The molecule has 0 amide bonds. The molecule has 1 unspecified atom stereocenters. The highest BCUT2D eigenvalue weighted by molar-refractivity contribution is 5.80. The van der Waals surface area contributed by atoms with Gasteiger partial charge in [-0.25, -0.2) is 0 Å².